The minimum atomic E-state index is -0.441. The van der Waals surface area contributed by atoms with Crippen LogP contribution in [-0.2, 0) is 0 Å². The molecule has 1 atom stereocenters. The Morgan fingerprint density at radius 1 is 1.18 bits per heavy atom. The van der Waals surface area contributed by atoms with E-state index in [4.69, 9.17) is 0 Å². The lowest BCUT2D eigenvalue weighted by molar-refractivity contribution is -0.00785. The van der Waals surface area contributed by atoms with Gasteiger partial charge in [-0.25, -0.2) is 0 Å². The number of aliphatic hydroxyl groups is 1. The maximum atomic E-state index is 9.78. The van der Waals surface area contributed by atoms with Crippen LogP contribution >= 0.6 is 0 Å². The fourth-order valence-corrected chi connectivity index (χ4v) is 1.46. The smallest absolute Gasteiger partial charge is 0.0645 e. The maximum Gasteiger partial charge on any atom is 0.0645 e. The lowest BCUT2D eigenvalue weighted by atomic mass is 9.83. The molecule has 0 aliphatic rings. The van der Waals surface area contributed by atoms with Gasteiger partial charge >= 0.3 is 0 Å². The quantitative estimate of drug-likeness (QED) is 0.666. The van der Waals surface area contributed by atoms with Gasteiger partial charge in [0.2, 0.25) is 0 Å². The molecule has 0 fully saturated rings. The van der Waals surface area contributed by atoms with Gasteiger partial charge in [-0.2, -0.15) is 0 Å². The second-order valence-corrected chi connectivity index (χ2v) is 3.22. The molecule has 0 aromatic heterocycles. The van der Waals surface area contributed by atoms with E-state index in [1.165, 1.54) is 0 Å². The van der Waals surface area contributed by atoms with Gasteiger partial charge in [0, 0.05) is 0 Å². The van der Waals surface area contributed by atoms with Gasteiger partial charge in [0.1, 0.15) is 0 Å². The van der Waals surface area contributed by atoms with Crippen LogP contribution in [0.2, 0.25) is 0 Å². The van der Waals surface area contributed by atoms with Gasteiger partial charge in [0.05, 0.1) is 5.60 Å². The van der Waals surface area contributed by atoms with Crippen molar-refractivity contribution in [3.63, 3.8) is 0 Å². The summed E-state index contributed by atoms with van der Waals surface area (Å²) in [4.78, 5) is 0. The molecule has 0 aliphatic heterocycles. The van der Waals surface area contributed by atoms with Gasteiger partial charge in [-0.15, -0.1) is 0 Å². The Morgan fingerprint density at radius 2 is 1.55 bits per heavy atom. The highest BCUT2D eigenvalue weighted by Crippen LogP contribution is 2.26. The summed E-state index contributed by atoms with van der Waals surface area (Å²) in [5.74, 6) is 0.470. The van der Waals surface area contributed by atoms with Crippen LogP contribution in [0.1, 0.15) is 47.0 Å². The first-order valence-corrected chi connectivity index (χ1v) is 4.30. The molecule has 0 bridgehead atoms. The predicted molar refractivity (Wildman–Crippen MR) is 50.0 cm³/mol. The number of hydrogen-bond acceptors (Lipinski definition) is 2. The summed E-state index contributed by atoms with van der Waals surface area (Å²) in [6, 6.07) is 0. The summed E-state index contributed by atoms with van der Waals surface area (Å²) in [7, 11) is 0. The molecule has 0 saturated carbocycles. The third kappa shape index (κ3) is 3.73. The molecule has 2 nitrogen and oxygen atoms in total. The molecule has 70 valence electrons. The van der Waals surface area contributed by atoms with Crippen molar-refractivity contribution >= 4 is 0 Å². The van der Waals surface area contributed by atoms with Crippen molar-refractivity contribution in [2.75, 3.05) is 0 Å². The number of rotatable bonds is 4. The van der Waals surface area contributed by atoms with Crippen LogP contribution in [0.25, 0.3) is 0 Å². The van der Waals surface area contributed by atoms with E-state index in [1.54, 1.807) is 0 Å². The highest BCUT2D eigenvalue weighted by atomic mass is 16.3. The maximum absolute atomic E-state index is 9.78. The molecule has 2 heteroatoms. The number of hydrogen-bond donors (Lipinski definition) is 2. The van der Waals surface area contributed by atoms with Gasteiger partial charge in [-0.1, -0.05) is 33.6 Å². The highest BCUT2D eigenvalue weighted by Gasteiger charge is 2.26. The van der Waals surface area contributed by atoms with Crippen molar-refractivity contribution in [3.8, 4) is 0 Å². The molecule has 0 spiro atoms. The predicted octanol–water partition coefficient (Wildman–Crippen LogP) is 2.75. The van der Waals surface area contributed by atoms with E-state index < -0.39 is 5.60 Å². The summed E-state index contributed by atoms with van der Waals surface area (Å²) in [6.07, 6.45) is 3.02. The van der Waals surface area contributed by atoms with Crippen LogP contribution < -0.4 is 6.15 Å². The average molecular weight is 161 g/mol. The molecular weight excluding hydrogens is 138 g/mol. The summed E-state index contributed by atoms with van der Waals surface area (Å²) in [5, 5.41) is 9.78. The molecule has 0 heterocycles. The summed E-state index contributed by atoms with van der Waals surface area (Å²) in [5.41, 5.74) is -0.441. The van der Waals surface area contributed by atoms with Crippen LogP contribution in [0.4, 0.5) is 0 Å². The molecule has 0 aromatic carbocycles. The molecule has 4 N–H and O–H groups in total. The molecule has 0 amide bonds. The van der Waals surface area contributed by atoms with Gasteiger partial charge in [-0.3, -0.25) is 0 Å². The van der Waals surface area contributed by atoms with E-state index in [2.05, 4.69) is 13.8 Å². The Kier molecular flexibility index (Phi) is 6.82. The van der Waals surface area contributed by atoms with Crippen LogP contribution in [0.3, 0.4) is 0 Å². The lowest BCUT2D eigenvalue weighted by Crippen LogP contribution is -2.32. The molecule has 0 aromatic rings. The van der Waals surface area contributed by atoms with Crippen LogP contribution in [-0.4, -0.2) is 10.7 Å². The molecule has 1 unspecified atom stereocenters. The van der Waals surface area contributed by atoms with Gasteiger partial charge in [0.25, 0.3) is 0 Å². The van der Waals surface area contributed by atoms with Crippen LogP contribution in [0, 0.1) is 5.92 Å². The zero-order valence-electron chi connectivity index (χ0n) is 8.35. The van der Waals surface area contributed by atoms with E-state index in [0.29, 0.717) is 5.92 Å². The van der Waals surface area contributed by atoms with E-state index in [9.17, 15) is 5.11 Å². The summed E-state index contributed by atoms with van der Waals surface area (Å²) >= 11 is 0. The zero-order valence-corrected chi connectivity index (χ0v) is 8.35. The third-order valence-electron chi connectivity index (χ3n) is 2.58. The Labute approximate surface area is 70.6 Å². The molecule has 0 rings (SSSR count). The van der Waals surface area contributed by atoms with Crippen molar-refractivity contribution in [2.45, 2.75) is 52.6 Å². The van der Waals surface area contributed by atoms with Gasteiger partial charge in [-0.05, 0) is 19.3 Å². The van der Waals surface area contributed by atoms with E-state index in [1.807, 2.05) is 13.8 Å². The Balaban J connectivity index is 0. The van der Waals surface area contributed by atoms with E-state index >= 15 is 0 Å². The zero-order chi connectivity index (χ0) is 8.20. The van der Waals surface area contributed by atoms with Crippen LogP contribution in [0.5, 0.6) is 0 Å². The van der Waals surface area contributed by atoms with Crippen molar-refractivity contribution in [1.29, 1.82) is 0 Å². The first-order chi connectivity index (χ1) is 4.58. The fraction of sp³-hybridized carbons (Fsp3) is 1.00. The summed E-state index contributed by atoms with van der Waals surface area (Å²) in [6.45, 7) is 8.25. The standard InChI is InChI=1S/C9H20O.H3N/c1-5-8(6-2)9(4,10)7-3;/h8,10H,5-7H2,1-4H3;1H3. The molecular formula is C9H23NO. The van der Waals surface area contributed by atoms with Crippen molar-refractivity contribution in [1.82, 2.24) is 6.15 Å². The topological polar surface area (TPSA) is 55.2 Å². The largest absolute Gasteiger partial charge is 0.390 e. The lowest BCUT2D eigenvalue weighted by Gasteiger charge is -2.30. The monoisotopic (exact) mass is 161 g/mol. The fourth-order valence-electron chi connectivity index (χ4n) is 1.46. The van der Waals surface area contributed by atoms with Gasteiger partial charge in [0.15, 0.2) is 0 Å². The van der Waals surface area contributed by atoms with Crippen LogP contribution in [0.15, 0.2) is 0 Å². The first kappa shape index (κ1) is 13.5. The SMILES string of the molecule is CCC(CC)C(C)(O)CC.N. The Bertz CT molecular complexity index is 87.6. The molecule has 0 saturated heterocycles. The molecule has 0 radical (unpaired) electrons. The highest BCUT2D eigenvalue weighted by molar-refractivity contribution is 4.78. The summed E-state index contributed by atoms with van der Waals surface area (Å²) < 4.78 is 0. The minimum absolute atomic E-state index is 0. The normalized spacial score (nSPS) is 15.8. The third-order valence-corrected chi connectivity index (χ3v) is 2.58. The van der Waals surface area contributed by atoms with Crippen molar-refractivity contribution < 1.29 is 5.11 Å². The first-order valence-electron chi connectivity index (χ1n) is 4.30. The minimum Gasteiger partial charge on any atom is -0.390 e. The van der Waals surface area contributed by atoms with E-state index in [0.717, 1.165) is 19.3 Å². The van der Waals surface area contributed by atoms with E-state index in [-0.39, 0.29) is 6.15 Å². The Hall–Kier alpha value is -0.0800. The molecule has 11 heavy (non-hydrogen) atoms. The second kappa shape index (κ2) is 5.56. The Morgan fingerprint density at radius 3 is 1.64 bits per heavy atom. The van der Waals surface area contributed by atoms with Crippen molar-refractivity contribution in [2.24, 2.45) is 5.92 Å². The van der Waals surface area contributed by atoms with Gasteiger partial charge < -0.3 is 11.3 Å². The second-order valence-electron chi connectivity index (χ2n) is 3.22. The average Bonchev–Trinajstić information content (AvgIpc) is 1.90. The van der Waals surface area contributed by atoms with Crippen molar-refractivity contribution in [3.05, 3.63) is 0 Å². The molecule has 0 aliphatic carbocycles.